The van der Waals surface area contributed by atoms with E-state index >= 15 is 0 Å². The van der Waals surface area contributed by atoms with Gasteiger partial charge in [-0.05, 0) is 25.1 Å². The normalized spacial score (nSPS) is 11.4. The third-order valence-corrected chi connectivity index (χ3v) is 3.62. The van der Waals surface area contributed by atoms with Gasteiger partial charge >= 0.3 is 0 Å². The minimum atomic E-state index is -2.60. The highest BCUT2D eigenvalue weighted by atomic mass is 19.3. The Balaban J connectivity index is 2.34. The molecule has 0 N–H and O–H groups in total. The number of alkyl halides is 2. The Hall–Kier alpha value is -2.50. The largest absolute Gasteiger partial charge is 0.496 e. The second-order valence-electron chi connectivity index (χ2n) is 5.01. The minimum absolute atomic E-state index is 0.0588. The number of fused-ring (bicyclic) bond motifs is 1. The number of aryl methyl sites for hydroxylation is 2. The van der Waals surface area contributed by atoms with Crippen molar-refractivity contribution >= 4 is 11.0 Å². The van der Waals surface area contributed by atoms with Crippen LogP contribution in [0, 0.1) is 6.92 Å². The van der Waals surface area contributed by atoms with Gasteiger partial charge in [0.1, 0.15) is 5.75 Å². The highest BCUT2D eigenvalue weighted by Gasteiger charge is 2.20. The summed E-state index contributed by atoms with van der Waals surface area (Å²) < 4.78 is 33.8. The summed E-state index contributed by atoms with van der Waals surface area (Å²) >= 11 is 0. The number of aromatic nitrogens is 3. The zero-order valence-corrected chi connectivity index (χ0v) is 12.5. The molecule has 0 bridgehead atoms. The zero-order valence-electron chi connectivity index (χ0n) is 12.5. The monoisotopic (exact) mass is 303 g/mol. The van der Waals surface area contributed by atoms with Gasteiger partial charge in [-0.15, -0.1) is 0 Å². The van der Waals surface area contributed by atoms with Crippen LogP contribution < -0.4 is 4.74 Å². The predicted molar refractivity (Wildman–Crippen MR) is 80.2 cm³/mol. The molecule has 0 aliphatic rings. The molecule has 6 heteroatoms. The Labute approximate surface area is 126 Å². The second-order valence-corrected chi connectivity index (χ2v) is 5.01. The van der Waals surface area contributed by atoms with Crippen LogP contribution in [-0.4, -0.2) is 21.9 Å². The molecule has 0 unspecified atom stereocenters. The van der Waals surface area contributed by atoms with E-state index in [0.29, 0.717) is 33.7 Å². The van der Waals surface area contributed by atoms with Gasteiger partial charge in [0.2, 0.25) is 0 Å². The van der Waals surface area contributed by atoms with E-state index in [4.69, 9.17) is 4.74 Å². The average molecular weight is 303 g/mol. The molecular formula is C16H15F2N3O. The summed E-state index contributed by atoms with van der Waals surface area (Å²) in [5, 5.41) is 4.61. The van der Waals surface area contributed by atoms with Crippen LogP contribution in [0.4, 0.5) is 8.78 Å². The summed E-state index contributed by atoms with van der Waals surface area (Å²) in [5.74, 6) is 0.591. The van der Waals surface area contributed by atoms with Gasteiger partial charge in [-0.1, -0.05) is 12.1 Å². The number of hydrogen-bond acceptors (Lipinski definition) is 3. The first-order chi connectivity index (χ1) is 10.5. The Bertz CT molecular complexity index is 843. The Morgan fingerprint density at radius 1 is 1.23 bits per heavy atom. The Kier molecular flexibility index (Phi) is 3.52. The van der Waals surface area contributed by atoms with Gasteiger partial charge in [-0.3, -0.25) is 4.68 Å². The number of ether oxygens (including phenoxy) is 1. The van der Waals surface area contributed by atoms with Crippen LogP contribution in [0.25, 0.3) is 22.3 Å². The minimum Gasteiger partial charge on any atom is -0.496 e. The molecule has 1 aromatic carbocycles. The van der Waals surface area contributed by atoms with Crippen molar-refractivity contribution in [3.8, 4) is 17.0 Å². The number of methoxy groups -OCH3 is 1. The average Bonchev–Trinajstić information content (AvgIpc) is 2.81. The van der Waals surface area contributed by atoms with Crippen LogP contribution >= 0.6 is 0 Å². The van der Waals surface area contributed by atoms with Gasteiger partial charge < -0.3 is 4.74 Å². The first-order valence-corrected chi connectivity index (χ1v) is 6.78. The number of pyridine rings is 1. The maximum absolute atomic E-state index is 13.5. The molecule has 0 spiro atoms. The summed E-state index contributed by atoms with van der Waals surface area (Å²) in [5.41, 5.74) is 2.05. The maximum Gasteiger partial charge on any atom is 0.264 e. The van der Waals surface area contributed by atoms with Crippen molar-refractivity contribution < 1.29 is 13.5 Å². The number of nitrogens with zero attached hydrogens (tertiary/aromatic N) is 3. The first-order valence-electron chi connectivity index (χ1n) is 6.78. The Morgan fingerprint density at radius 2 is 1.95 bits per heavy atom. The lowest BCUT2D eigenvalue weighted by Crippen LogP contribution is -1.97. The molecule has 3 rings (SSSR count). The lowest BCUT2D eigenvalue weighted by molar-refractivity contribution is 0.153. The topological polar surface area (TPSA) is 39.9 Å². The standard InChI is InChI=1S/C16H15F2N3O/c1-9-14-11(15(17)18)8-12(19-16(14)21(2)20-9)10-6-4-5-7-13(10)22-3/h4-8,15H,1-3H3. The van der Waals surface area contributed by atoms with E-state index in [2.05, 4.69) is 10.1 Å². The molecule has 0 aliphatic carbocycles. The fraction of sp³-hybridized carbons (Fsp3) is 0.250. The van der Waals surface area contributed by atoms with Crippen LogP contribution in [-0.2, 0) is 7.05 Å². The third kappa shape index (κ3) is 2.20. The van der Waals surface area contributed by atoms with Crippen molar-refractivity contribution in [3.05, 3.63) is 41.6 Å². The lowest BCUT2D eigenvalue weighted by atomic mass is 10.1. The maximum atomic E-state index is 13.5. The van der Waals surface area contributed by atoms with Crippen molar-refractivity contribution in [2.24, 2.45) is 7.05 Å². The van der Waals surface area contributed by atoms with Gasteiger partial charge in [-0.2, -0.15) is 5.10 Å². The number of halogens is 2. The molecule has 2 aromatic heterocycles. The number of benzene rings is 1. The summed E-state index contributed by atoms with van der Waals surface area (Å²) in [4.78, 5) is 4.50. The van der Waals surface area contributed by atoms with Crippen LogP contribution in [0.1, 0.15) is 17.7 Å². The van der Waals surface area contributed by atoms with Crippen LogP contribution in [0.15, 0.2) is 30.3 Å². The van der Waals surface area contributed by atoms with Crippen molar-refractivity contribution in [1.29, 1.82) is 0 Å². The predicted octanol–water partition coefficient (Wildman–Crippen LogP) is 3.89. The third-order valence-electron chi connectivity index (χ3n) is 3.62. The van der Waals surface area contributed by atoms with Crippen molar-refractivity contribution in [2.75, 3.05) is 7.11 Å². The molecule has 4 nitrogen and oxygen atoms in total. The van der Waals surface area contributed by atoms with Crippen LogP contribution in [0.2, 0.25) is 0 Å². The molecule has 0 saturated carbocycles. The molecule has 2 heterocycles. The van der Waals surface area contributed by atoms with E-state index in [1.807, 2.05) is 12.1 Å². The van der Waals surface area contributed by atoms with Crippen LogP contribution in [0.3, 0.4) is 0 Å². The number of para-hydroxylation sites is 1. The van der Waals surface area contributed by atoms with Gasteiger partial charge in [0.25, 0.3) is 6.43 Å². The quantitative estimate of drug-likeness (QED) is 0.737. The molecule has 0 fully saturated rings. The summed E-state index contributed by atoms with van der Waals surface area (Å²) in [6.45, 7) is 1.71. The number of hydrogen-bond donors (Lipinski definition) is 0. The number of rotatable bonds is 3. The molecule has 0 saturated heterocycles. The van der Waals surface area contributed by atoms with Gasteiger partial charge in [0.15, 0.2) is 5.65 Å². The highest BCUT2D eigenvalue weighted by molar-refractivity contribution is 5.86. The zero-order chi connectivity index (χ0) is 15.9. The smallest absolute Gasteiger partial charge is 0.264 e. The van der Waals surface area contributed by atoms with Crippen molar-refractivity contribution in [1.82, 2.24) is 14.8 Å². The molecule has 22 heavy (non-hydrogen) atoms. The highest BCUT2D eigenvalue weighted by Crippen LogP contribution is 2.35. The molecule has 3 aromatic rings. The van der Waals surface area contributed by atoms with E-state index in [1.54, 1.807) is 33.2 Å². The molecule has 0 atom stereocenters. The molecule has 0 aliphatic heterocycles. The fourth-order valence-corrected chi connectivity index (χ4v) is 2.64. The summed E-state index contributed by atoms with van der Waals surface area (Å²) in [7, 11) is 3.24. The molecular weight excluding hydrogens is 288 g/mol. The van der Waals surface area contributed by atoms with E-state index in [1.165, 1.54) is 10.7 Å². The first kappa shape index (κ1) is 14.4. The van der Waals surface area contributed by atoms with Gasteiger partial charge in [0, 0.05) is 18.2 Å². The Morgan fingerprint density at radius 3 is 2.64 bits per heavy atom. The van der Waals surface area contributed by atoms with Crippen LogP contribution in [0.5, 0.6) is 5.75 Å². The van der Waals surface area contributed by atoms with E-state index in [-0.39, 0.29) is 5.56 Å². The second kappa shape index (κ2) is 5.36. The fourth-order valence-electron chi connectivity index (χ4n) is 2.64. The summed E-state index contributed by atoms with van der Waals surface area (Å²) in [6, 6.07) is 8.63. The lowest BCUT2D eigenvalue weighted by Gasteiger charge is -2.10. The SMILES string of the molecule is COc1ccccc1-c1cc(C(F)F)c2c(C)nn(C)c2n1. The van der Waals surface area contributed by atoms with E-state index in [0.717, 1.165) is 0 Å². The van der Waals surface area contributed by atoms with E-state index in [9.17, 15) is 8.78 Å². The van der Waals surface area contributed by atoms with Gasteiger partial charge in [-0.25, -0.2) is 13.8 Å². The summed E-state index contributed by atoms with van der Waals surface area (Å²) in [6.07, 6.45) is -2.60. The molecule has 0 radical (unpaired) electrons. The molecule has 0 amide bonds. The van der Waals surface area contributed by atoms with Crippen molar-refractivity contribution in [3.63, 3.8) is 0 Å². The van der Waals surface area contributed by atoms with E-state index < -0.39 is 6.43 Å². The van der Waals surface area contributed by atoms with Gasteiger partial charge in [0.05, 0.1) is 23.9 Å². The van der Waals surface area contributed by atoms with Crippen molar-refractivity contribution in [2.45, 2.75) is 13.3 Å². The molecule has 114 valence electrons.